The highest BCUT2D eigenvalue weighted by atomic mass is 16.1. The Kier molecular flexibility index (Phi) is 2.96. The number of aromatic nitrogens is 2. The highest BCUT2D eigenvalue weighted by Gasteiger charge is 2.29. The van der Waals surface area contributed by atoms with Crippen LogP contribution in [0.5, 0.6) is 0 Å². The molecule has 16 heavy (non-hydrogen) atoms. The minimum atomic E-state index is -0.0912. The van der Waals surface area contributed by atoms with Gasteiger partial charge in [-0.05, 0) is 39.8 Å². The van der Waals surface area contributed by atoms with E-state index in [-0.39, 0.29) is 11.4 Å². The van der Waals surface area contributed by atoms with E-state index in [1.807, 2.05) is 6.92 Å². The van der Waals surface area contributed by atoms with Crippen LogP contribution in [-0.4, -0.2) is 34.7 Å². The molecule has 3 N–H and O–H groups in total. The van der Waals surface area contributed by atoms with Gasteiger partial charge in [-0.2, -0.15) is 5.10 Å². The van der Waals surface area contributed by atoms with Gasteiger partial charge in [0.25, 0.3) is 5.91 Å². The van der Waals surface area contributed by atoms with Crippen LogP contribution in [0.25, 0.3) is 0 Å². The molecule has 5 heteroatoms. The lowest BCUT2D eigenvalue weighted by Crippen LogP contribution is -2.52. The zero-order valence-corrected chi connectivity index (χ0v) is 9.76. The van der Waals surface area contributed by atoms with Crippen molar-refractivity contribution >= 4 is 5.91 Å². The van der Waals surface area contributed by atoms with Crippen LogP contribution in [0.2, 0.25) is 0 Å². The Labute approximate surface area is 95.0 Å². The molecule has 0 atom stereocenters. The molecule has 0 saturated carbocycles. The van der Waals surface area contributed by atoms with Gasteiger partial charge >= 0.3 is 0 Å². The Balaban J connectivity index is 2.04. The highest BCUT2D eigenvalue weighted by Crippen LogP contribution is 2.18. The van der Waals surface area contributed by atoms with E-state index in [4.69, 9.17) is 0 Å². The van der Waals surface area contributed by atoms with Crippen molar-refractivity contribution in [1.82, 2.24) is 20.8 Å². The number of hydrogen-bond donors (Lipinski definition) is 3. The Morgan fingerprint density at radius 1 is 1.50 bits per heavy atom. The third kappa shape index (κ3) is 2.24. The molecule has 1 saturated heterocycles. The summed E-state index contributed by atoms with van der Waals surface area (Å²) in [7, 11) is 0. The lowest BCUT2D eigenvalue weighted by atomic mass is 9.90. The average Bonchev–Trinajstić information content (AvgIpc) is 2.65. The number of H-pyrrole nitrogens is 1. The maximum absolute atomic E-state index is 12.0. The molecule has 0 aromatic carbocycles. The predicted octanol–water partition coefficient (Wildman–Crippen LogP) is 0.590. The quantitative estimate of drug-likeness (QED) is 0.686. The van der Waals surface area contributed by atoms with Crippen molar-refractivity contribution in [1.29, 1.82) is 0 Å². The standard InChI is InChI=1S/C11H18N4O/c1-8-9(7-13-15-8)10(16)14-11(2)3-5-12-6-4-11/h7,12H,3-6H2,1-2H3,(H,13,15)(H,14,16). The summed E-state index contributed by atoms with van der Waals surface area (Å²) >= 11 is 0. The Morgan fingerprint density at radius 3 is 2.75 bits per heavy atom. The van der Waals surface area contributed by atoms with E-state index in [0.29, 0.717) is 5.56 Å². The maximum Gasteiger partial charge on any atom is 0.255 e. The fraction of sp³-hybridized carbons (Fsp3) is 0.636. The second kappa shape index (κ2) is 4.25. The first-order valence-electron chi connectivity index (χ1n) is 5.64. The Morgan fingerprint density at radius 2 is 2.19 bits per heavy atom. The summed E-state index contributed by atoms with van der Waals surface area (Å²) in [5.41, 5.74) is 1.36. The molecule has 1 amide bonds. The van der Waals surface area contributed by atoms with Gasteiger partial charge in [0.05, 0.1) is 11.8 Å². The molecule has 1 aliphatic heterocycles. The summed E-state index contributed by atoms with van der Waals surface area (Å²) in [4.78, 5) is 12.0. The first-order chi connectivity index (χ1) is 7.61. The van der Waals surface area contributed by atoms with Crippen molar-refractivity contribution in [3.63, 3.8) is 0 Å². The van der Waals surface area contributed by atoms with Gasteiger partial charge in [-0.25, -0.2) is 0 Å². The largest absolute Gasteiger partial charge is 0.347 e. The smallest absolute Gasteiger partial charge is 0.255 e. The van der Waals surface area contributed by atoms with Gasteiger partial charge in [0.2, 0.25) is 0 Å². The van der Waals surface area contributed by atoms with Gasteiger partial charge in [0.1, 0.15) is 0 Å². The zero-order chi connectivity index (χ0) is 11.6. The first kappa shape index (κ1) is 11.1. The van der Waals surface area contributed by atoms with Crippen LogP contribution in [0.4, 0.5) is 0 Å². The second-order valence-electron chi connectivity index (χ2n) is 4.67. The van der Waals surface area contributed by atoms with Crippen LogP contribution in [0.15, 0.2) is 6.20 Å². The fourth-order valence-corrected chi connectivity index (χ4v) is 2.02. The van der Waals surface area contributed by atoms with E-state index in [0.717, 1.165) is 31.6 Å². The van der Waals surface area contributed by atoms with Crippen molar-refractivity contribution in [3.05, 3.63) is 17.5 Å². The van der Waals surface area contributed by atoms with Gasteiger partial charge in [0, 0.05) is 11.2 Å². The van der Waals surface area contributed by atoms with Crippen molar-refractivity contribution < 1.29 is 4.79 Å². The summed E-state index contributed by atoms with van der Waals surface area (Å²) < 4.78 is 0. The van der Waals surface area contributed by atoms with Crippen LogP contribution in [0, 0.1) is 6.92 Å². The number of carbonyl (C=O) groups excluding carboxylic acids is 1. The monoisotopic (exact) mass is 222 g/mol. The predicted molar refractivity (Wildman–Crippen MR) is 61.3 cm³/mol. The number of hydrogen-bond acceptors (Lipinski definition) is 3. The third-order valence-electron chi connectivity index (χ3n) is 3.20. The molecule has 1 fully saturated rings. The highest BCUT2D eigenvalue weighted by molar-refractivity contribution is 5.95. The van der Waals surface area contributed by atoms with Gasteiger partial charge in [-0.3, -0.25) is 9.89 Å². The summed E-state index contributed by atoms with van der Waals surface area (Å²) in [6.45, 7) is 5.87. The van der Waals surface area contributed by atoms with Gasteiger partial charge < -0.3 is 10.6 Å². The van der Waals surface area contributed by atoms with Crippen LogP contribution in [0.3, 0.4) is 0 Å². The average molecular weight is 222 g/mol. The normalized spacial score (nSPS) is 19.4. The van der Waals surface area contributed by atoms with E-state index >= 15 is 0 Å². The van der Waals surface area contributed by atoms with E-state index in [1.54, 1.807) is 6.20 Å². The van der Waals surface area contributed by atoms with E-state index in [2.05, 4.69) is 27.8 Å². The number of piperidine rings is 1. The molecule has 2 rings (SSSR count). The van der Waals surface area contributed by atoms with Gasteiger partial charge in [-0.15, -0.1) is 0 Å². The van der Waals surface area contributed by atoms with Crippen LogP contribution in [-0.2, 0) is 0 Å². The van der Waals surface area contributed by atoms with E-state index < -0.39 is 0 Å². The van der Waals surface area contributed by atoms with Crippen molar-refractivity contribution in [2.45, 2.75) is 32.2 Å². The topological polar surface area (TPSA) is 69.8 Å². The molecule has 2 heterocycles. The molecule has 0 unspecified atom stereocenters. The fourth-order valence-electron chi connectivity index (χ4n) is 2.02. The molecular formula is C11H18N4O. The molecular weight excluding hydrogens is 204 g/mol. The molecule has 0 aliphatic carbocycles. The lowest BCUT2D eigenvalue weighted by Gasteiger charge is -2.34. The number of nitrogens with one attached hydrogen (secondary N) is 3. The molecule has 88 valence electrons. The molecule has 0 bridgehead atoms. The minimum absolute atomic E-state index is 0.0318. The third-order valence-corrected chi connectivity index (χ3v) is 3.20. The van der Waals surface area contributed by atoms with Gasteiger partial charge in [-0.1, -0.05) is 0 Å². The van der Waals surface area contributed by atoms with Gasteiger partial charge in [0.15, 0.2) is 0 Å². The summed E-state index contributed by atoms with van der Waals surface area (Å²) in [6.07, 6.45) is 3.51. The minimum Gasteiger partial charge on any atom is -0.347 e. The van der Waals surface area contributed by atoms with Crippen molar-refractivity contribution in [2.24, 2.45) is 0 Å². The molecule has 1 aromatic rings. The van der Waals surface area contributed by atoms with Crippen LogP contribution in [0.1, 0.15) is 35.8 Å². The van der Waals surface area contributed by atoms with Crippen molar-refractivity contribution in [2.75, 3.05) is 13.1 Å². The first-order valence-corrected chi connectivity index (χ1v) is 5.64. The molecule has 5 nitrogen and oxygen atoms in total. The number of aryl methyl sites for hydroxylation is 1. The second-order valence-corrected chi connectivity index (χ2v) is 4.67. The number of amides is 1. The lowest BCUT2D eigenvalue weighted by molar-refractivity contribution is 0.0887. The van der Waals surface area contributed by atoms with E-state index in [1.165, 1.54) is 0 Å². The molecule has 0 radical (unpaired) electrons. The summed E-state index contributed by atoms with van der Waals surface area (Å²) in [5.74, 6) is -0.0318. The Bertz CT molecular complexity index is 379. The van der Waals surface area contributed by atoms with Crippen LogP contribution < -0.4 is 10.6 Å². The summed E-state index contributed by atoms with van der Waals surface area (Å²) in [6, 6.07) is 0. The SMILES string of the molecule is Cc1[nH]ncc1C(=O)NC1(C)CCNCC1. The molecule has 1 aliphatic rings. The zero-order valence-electron chi connectivity index (χ0n) is 9.76. The molecule has 1 aromatic heterocycles. The maximum atomic E-state index is 12.0. The number of carbonyl (C=O) groups is 1. The number of rotatable bonds is 2. The molecule has 0 spiro atoms. The van der Waals surface area contributed by atoms with Crippen molar-refractivity contribution in [3.8, 4) is 0 Å². The number of aromatic amines is 1. The number of nitrogens with zero attached hydrogens (tertiary/aromatic N) is 1. The summed E-state index contributed by atoms with van der Waals surface area (Å²) in [5, 5.41) is 13.0. The Hall–Kier alpha value is -1.36. The van der Waals surface area contributed by atoms with E-state index in [9.17, 15) is 4.79 Å². The van der Waals surface area contributed by atoms with Crippen LogP contribution >= 0.6 is 0 Å².